The van der Waals surface area contributed by atoms with Crippen molar-refractivity contribution >= 4 is 23.6 Å². The van der Waals surface area contributed by atoms with Crippen LogP contribution in [0.25, 0.3) is 11.8 Å². The maximum Gasteiger partial charge on any atom is 0.244 e. The van der Waals surface area contributed by atoms with Gasteiger partial charge < -0.3 is 10.1 Å². The van der Waals surface area contributed by atoms with Crippen molar-refractivity contribution in [3.63, 3.8) is 0 Å². The highest BCUT2D eigenvalue weighted by molar-refractivity contribution is 6.30. The second kappa shape index (κ2) is 8.36. The van der Waals surface area contributed by atoms with Crippen molar-refractivity contribution in [3.8, 4) is 11.4 Å². The normalized spacial score (nSPS) is 10.8. The minimum absolute atomic E-state index is 0.191. The van der Waals surface area contributed by atoms with E-state index in [9.17, 15) is 4.79 Å². The monoisotopic (exact) mass is 367 g/mol. The molecule has 5 nitrogen and oxygen atoms in total. The van der Waals surface area contributed by atoms with Crippen molar-refractivity contribution in [2.75, 3.05) is 7.11 Å². The quantitative estimate of drug-likeness (QED) is 0.673. The fraction of sp³-hybridized carbons (Fsp3) is 0.100. The summed E-state index contributed by atoms with van der Waals surface area (Å²) in [5.41, 5.74) is 2.72. The number of nitrogens with zero attached hydrogens (tertiary/aromatic N) is 2. The van der Waals surface area contributed by atoms with Gasteiger partial charge in [0.25, 0.3) is 0 Å². The summed E-state index contributed by atoms with van der Waals surface area (Å²) < 4.78 is 7.04. The Labute approximate surface area is 156 Å². The Bertz CT molecular complexity index is 903. The molecule has 0 saturated carbocycles. The Hall–Kier alpha value is -3.05. The first-order chi connectivity index (χ1) is 12.7. The third kappa shape index (κ3) is 4.52. The van der Waals surface area contributed by atoms with Gasteiger partial charge in [-0.3, -0.25) is 4.79 Å². The predicted octanol–water partition coefficient (Wildman–Crippen LogP) is 3.86. The predicted molar refractivity (Wildman–Crippen MR) is 102 cm³/mol. The highest BCUT2D eigenvalue weighted by Gasteiger charge is 2.03. The van der Waals surface area contributed by atoms with Crippen molar-refractivity contribution in [2.45, 2.75) is 6.54 Å². The van der Waals surface area contributed by atoms with Gasteiger partial charge in [0.05, 0.1) is 12.8 Å². The number of carbonyl (C=O) groups excluding carboxylic acids is 1. The first-order valence-electron chi connectivity index (χ1n) is 8.04. The van der Waals surface area contributed by atoms with E-state index >= 15 is 0 Å². The largest absolute Gasteiger partial charge is 0.496 e. The van der Waals surface area contributed by atoms with Crippen molar-refractivity contribution in [1.82, 2.24) is 15.1 Å². The molecule has 0 aliphatic heterocycles. The van der Waals surface area contributed by atoms with Crippen LogP contribution >= 0.6 is 11.6 Å². The Kier molecular flexibility index (Phi) is 5.71. The summed E-state index contributed by atoms with van der Waals surface area (Å²) in [4.78, 5) is 12.0. The number of carbonyl (C=O) groups is 1. The Morgan fingerprint density at radius 1 is 1.27 bits per heavy atom. The molecular formula is C20H18ClN3O2. The van der Waals surface area contributed by atoms with E-state index in [1.54, 1.807) is 42.3 Å². The van der Waals surface area contributed by atoms with Gasteiger partial charge in [-0.15, -0.1) is 0 Å². The van der Waals surface area contributed by atoms with Gasteiger partial charge in [-0.2, -0.15) is 5.10 Å². The first kappa shape index (κ1) is 17.8. The van der Waals surface area contributed by atoms with Crippen molar-refractivity contribution in [1.29, 1.82) is 0 Å². The van der Waals surface area contributed by atoms with Crippen LogP contribution in [-0.4, -0.2) is 22.8 Å². The Morgan fingerprint density at radius 3 is 2.77 bits per heavy atom. The lowest BCUT2D eigenvalue weighted by Crippen LogP contribution is -2.20. The Balaban J connectivity index is 1.58. The molecule has 0 bridgehead atoms. The van der Waals surface area contributed by atoms with Gasteiger partial charge in [-0.1, -0.05) is 23.7 Å². The lowest BCUT2D eigenvalue weighted by atomic mass is 10.2. The highest BCUT2D eigenvalue weighted by Crippen LogP contribution is 2.23. The molecule has 0 radical (unpaired) electrons. The molecule has 1 aromatic heterocycles. The summed E-state index contributed by atoms with van der Waals surface area (Å²) >= 11 is 5.98. The van der Waals surface area contributed by atoms with Crippen LogP contribution in [0.5, 0.6) is 5.75 Å². The van der Waals surface area contributed by atoms with E-state index in [-0.39, 0.29) is 5.91 Å². The molecule has 0 aliphatic carbocycles. The molecule has 1 N–H and O–H groups in total. The van der Waals surface area contributed by atoms with Crippen molar-refractivity contribution in [3.05, 3.63) is 83.2 Å². The van der Waals surface area contributed by atoms with Gasteiger partial charge in [-0.05, 0) is 48.0 Å². The van der Waals surface area contributed by atoms with E-state index in [1.807, 2.05) is 36.5 Å². The standard InChI is InChI=1S/C20H18ClN3O2/c1-26-19-9-6-17(21)13-16(19)5-10-20(25)22-14-15-3-7-18(8-4-15)24-12-2-11-23-24/h2-13H,14H2,1H3,(H,22,25). The topological polar surface area (TPSA) is 56.1 Å². The van der Waals surface area contributed by atoms with Gasteiger partial charge in [0, 0.05) is 35.6 Å². The van der Waals surface area contributed by atoms with Gasteiger partial charge in [0.2, 0.25) is 5.91 Å². The lowest BCUT2D eigenvalue weighted by Gasteiger charge is -2.06. The van der Waals surface area contributed by atoms with Crippen LogP contribution in [0.3, 0.4) is 0 Å². The molecule has 0 unspecified atom stereocenters. The number of nitrogens with one attached hydrogen (secondary N) is 1. The van der Waals surface area contributed by atoms with Gasteiger partial charge in [-0.25, -0.2) is 4.68 Å². The second-order valence-electron chi connectivity index (χ2n) is 5.55. The lowest BCUT2D eigenvalue weighted by molar-refractivity contribution is -0.116. The zero-order valence-electron chi connectivity index (χ0n) is 14.2. The van der Waals surface area contributed by atoms with Crippen LogP contribution in [0, 0.1) is 0 Å². The average molecular weight is 368 g/mol. The summed E-state index contributed by atoms with van der Waals surface area (Å²) in [7, 11) is 1.58. The zero-order chi connectivity index (χ0) is 18.4. The average Bonchev–Trinajstić information content (AvgIpc) is 3.20. The van der Waals surface area contributed by atoms with E-state index < -0.39 is 0 Å². The number of halogens is 1. The summed E-state index contributed by atoms with van der Waals surface area (Å²) in [6.07, 6.45) is 6.76. The van der Waals surface area contributed by atoms with Gasteiger partial charge in [0.15, 0.2) is 0 Å². The number of methoxy groups -OCH3 is 1. The molecule has 0 atom stereocenters. The SMILES string of the molecule is COc1ccc(Cl)cc1C=CC(=O)NCc1ccc(-n2cccn2)cc1. The molecule has 6 heteroatoms. The third-order valence-electron chi connectivity index (χ3n) is 3.78. The number of amides is 1. The highest BCUT2D eigenvalue weighted by atomic mass is 35.5. The third-order valence-corrected chi connectivity index (χ3v) is 4.01. The molecule has 3 rings (SSSR count). The minimum Gasteiger partial charge on any atom is -0.496 e. The summed E-state index contributed by atoms with van der Waals surface area (Å²) in [6.45, 7) is 0.440. The molecule has 0 aliphatic rings. The number of ether oxygens (including phenoxy) is 1. The van der Waals surface area contributed by atoms with E-state index in [1.165, 1.54) is 6.08 Å². The van der Waals surface area contributed by atoms with Crippen LogP contribution in [-0.2, 0) is 11.3 Å². The first-order valence-corrected chi connectivity index (χ1v) is 8.42. The number of aromatic nitrogens is 2. The molecule has 0 spiro atoms. The van der Waals surface area contributed by atoms with Crippen molar-refractivity contribution < 1.29 is 9.53 Å². The number of rotatable bonds is 6. The molecule has 1 amide bonds. The molecule has 26 heavy (non-hydrogen) atoms. The molecule has 0 saturated heterocycles. The molecule has 132 valence electrons. The van der Waals surface area contributed by atoms with Gasteiger partial charge >= 0.3 is 0 Å². The van der Waals surface area contributed by atoms with Crippen LogP contribution < -0.4 is 10.1 Å². The molecule has 1 heterocycles. The zero-order valence-corrected chi connectivity index (χ0v) is 15.0. The summed E-state index contributed by atoms with van der Waals surface area (Å²) in [6, 6.07) is 15.0. The number of hydrogen-bond donors (Lipinski definition) is 1. The van der Waals surface area contributed by atoms with Gasteiger partial charge in [0.1, 0.15) is 5.75 Å². The van der Waals surface area contributed by atoms with E-state index in [2.05, 4.69) is 10.4 Å². The fourth-order valence-corrected chi connectivity index (χ4v) is 2.62. The van der Waals surface area contributed by atoms with Crippen LogP contribution in [0.4, 0.5) is 0 Å². The summed E-state index contributed by atoms with van der Waals surface area (Å²) in [5.74, 6) is 0.468. The maximum absolute atomic E-state index is 12.0. The number of benzene rings is 2. The maximum atomic E-state index is 12.0. The Morgan fingerprint density at radius 2 is 2.08 bits per heavy atom. The molecule has 0 fully saturated rings. The van der Waals surface area contributed by atoms with E-state index in [4.69, 9.17) is 16.3 Å². The second-order valence-corrected chi connectivity index (χ2v) is 5.99. The van der Waals surface area contributed by atoms with Crippen molar-refractivity contribution in [2.24, 2.45) is 0 Å². The molecule has 3 aromatic rings. The van der Waals surface area contributed by atoms with E-state index in [0.717, 1.165) is 16.8 Å². The van der Waals surface area contributed by atoms with Crippen LogP contribution in [0.1, 0.15) is 11.1 Å². The summed E-state index contributed by atoms with van der Waals surface area (Å²) in [5, 5.41) is 7.62. The smallest absolute Gasteiger partial charge is 0.244 e. The van der Waals surface area contributed by atoms with E-state index in [0.29, 0.717) is 17.3 Å². The fourth-order valence-electron chi connectivity index (χ4n) is 2.44. The molecule has 2 aromatic carbocycles. The van der Waals surface area contributed by atoms with Crippen LogP contribution in [0.2, 0.25) is 5.02 Å². The minimum atomic E-state index is -0.191. The molecular weight excluding hydrogens is 350 g/mol. The number of hydrogen-bond acceptors (Lipinski definition) is 3. The van der Waals surface area contributed by atoms with Crippen LogP contribution in [0.15, 0.2) is 67.0 Å².